The molecule has 80 valence electrons. The molecule has 3 unspecified atom stereocenters. The van der Waals surface area contributed by atoms with E-state index in [1.807, 2.05) is 13.8 Å². The molecule has 14 heavy (non-hydrogen) atoms. The minimum absolute atomic E-state index is 0.0557. The van der Waals surface area contributed by atoms with E-state index in [9.17, 15) is 0 Å². The third-order valence-electron chi connectivity index (χ3n) is 2.57. The van der Waals surface area contributed by atoms with Gasteiger partial charge in [-0.25, -0.2) is 0 Å². The lowest BCUT2D eigenvalue weighted by atomic mass is 10.1. The zero-order chi connectivity index (χ0) is 10.6. The van der Waals surface area contributed by atoms with Gasteiger partial charge in [-0.1, -0.05) is 0 Å². The lowest BCUT2D eigenvalue weighted by Crippen LogP contribution is -2.51. The molecule has 0 bridgehead atoms. The van der Waals surface area contributed by atoms with Gasteiger partial charge in [0.05, 0.1) is 31.3 Å². The second kappa shape index (κ2) is 5.30. The fraction of sp³-hybridized carbons (Fsp3) is 0.900. The lowest BCUT2D eigenvalue weighted by molar-refractivity contribution is -0.103. The molecule has 0 aromatic heterocycles. The Morgan fingerprint density at radius 2 is 2.36 bits per heavy atom. The Labute approximate surface area is 85.1 Å². The van der Waals surface area contributed by atoms with Crippen LogP contribution >= 0.6 is 0 Å². The van der Waals surface area contributed by atoms with Crippen molar-refractivity contribution in [2.24, 2.45) is 0 Å². The molecule has 4 heteroatoms. The largest absolute Gasteiger partial charge is 0.394 e. The highest BCUT2D eigenvalue weighted by Crippen LogP contribution is 2.14. The van der Waals surface area contributed by atoms with Crippen LogP contribution < -0.4 is 0 Å². The van der Waals surface area contributed by atoms with Crippen molar-refractivity contribution in [1.29, 1.82) is 5.26 Å². The van der Waals surface area contributed by atoms with Gasteiger partial charge in [0, 0.05) is 19.1 Å². The van der Waals surface area contributed by atoms with E-state index >= 15 is 0 Å². The summed E-state index contributed by atoms with van der Waals surface area (Å²) >= 11 is 0. The van der Waals surface area contributed by atoms with E-state index in [0.29, 0.717) is 6.42 Å². The van der Waals surface area contributed by atoms with Gasteiger partial charge in [0.1, 0.15) is 0 Å². The number of aliphatic hydroxyl groups excluding tert-OH is 1. The summed E-state index contributed by atoms with van der Waals surface area (Å²) in [6.45, 7) is 5.66. The van der Waals surface area contributed by atoms with E-state index < -0.39 is 0 Å². The maximum absolute atomic E-state index is 9.02. The van der Waals surface area contributed by atoms with Crippen LogP contribution in [0.5, 0.6) is 0 Å². The number of rotatable bonds is 3. The second-order valence-corrected chi connectivity index (χ2v) is 3.92. The predicted octanol–water partition coefficient (Wildman–Crippen LogP) is 0.370. The minimum atomic E-state index is -0.0973. The number of morpholine rings is 1. The first-order valence-corrected chi connectivity index (χ1v) is 5.04. The van der Waals surface area contributed by atoms with E-state index in [1.165, 1.54) is 0 Å². The van der Waals surface area contributed by atoms with Gasteiger partial charge in [-0.05, 0) is 13.8 Å². The first-order valence-electron chi connectivity index (χ1n) is 5.04. The maximum atomic E-state index is 9.02. The van der Waals surface area contributed by atoms with Gasteiger partial charge in [0.25, 0.3) is 0 Å². The molecule has 0 amide bonds. The van der Waals surface area contributed by atoms with Crippen LogP contribution in [0.1, 0.15) is 20.3 Å². The van der Waals surface area contributed by atoms with Gasteiger partial charge in [-0.2, -0.15) is 5.26 Å². The number of nitriles is 1. The van der Waals surface area contributed by atoms with Gasteiger partial charge in [0.15, 0.2) is 0 Å². The number of ether oxygens (including phenoxy) is 1. The molecule has 1 aliphatic rings. The van der Waals surface area contributed by atoms with Crippen LogP contribution in [0.3, 0.4) is 0 Å². The topological polar surface area (TPSA) is 56.5 Å². The molecule has 0 spiro atoms. The third-order valence-corrected chi connectivity index (χ3v) is 2.57. The van der Waals surface area contributed by atoms with Crippen molar-refractivity contribution in [1.82, 2.24) is 4.90 Å². The zero-order valence-corrected chi connectivity index (χ0v) is 8.81. The normalized spacial score (nSPS) is 31.0. The van der Waals surface area contributed by atoms with Crippen molar-refractivity contribution in [2.45, 2.75) is 38.5 Å². The molecule has 1 rings (SSSR count). The average molecular weight is 198 g/mol. The van der Waals surface area contributed by atoms with Gasteiger partial charge in [0.2, 0.25) is 0 Å². The Hall–Kier alpha value is -0.630. The van der Waals surface area contributed by atoms with E-state index in [-0.39, 0.29) is 24.9 Å². The SMILES string of the molecule is CC1CN(C(C)CC#N)CC(CO)O1. The highest BCUT2D eigenvalue weighted by atomic mass is 16.5. The zero-order valence-electron chi connectivity index (χ0n) is 8.81. The Bertz CT molecular complexity index is 215. The minimum Gasteiger partial charge on any atom is -0.394 e. The fourth-order valence-corrected chi connectivity index (χ4v) is 1.80. The molecule has 0 saturated carbocycles. The van der Waals surface area contributed by atoms with Crippen LogP contribution in [0.2, 0.25) is 0 Å². The van der Waals surface area contributed by atoms with E-state index in [2.05, 4.69) is 11.0 Å². The Kier molecular flexibility index (Phi) is 4.33. The molecule has 0 aliphatic carbocycles. The highest BCUT2D eigenvalue weighted by Gasteiger charge is 2.27. The molecular formula is C10H18N2O2. The van der Waals surface area contributed by atoms with E-state index in [1.54, 1.807) is 0 Å². The smallest absolute Gasteiger partial charge is 0.0936 e. The molecule has 3 atom stereocenters. The number of nitrogens with zero attached hydrogens (tertiary/aromatic N) is 2. The average Bonchev–Trinajstić information content (AvgIpc) is 2.17. The van der Waals surface area contributed by atoms with Crippen LogP contribution in [0, 0.1) is 11.3 Å². The molecule has 1 heterocycles. The molecule has 1 fully saturated rings. The fourth-order valence-electron chi connectivity index (χ4n) is 1.80. The van der Waals surface area contributed by atoms with E-state index in [4.69, 9.17) is 15.1 Å². The molecule has 1 N–H and O–H groups in total. The van der Waals surface area contributed by atoms with Crippen LogP contribution in [-0.4, -0.2) is 48.0 Å². The van der Waals surface area contributed by atoms with Crippen LogP contribution in [0.4, 0.5) is 0 Å². The summed E-state index contributed by atoms with van der Waals surface area (Å²) in [6.07, 6.45) is 0.576. The summed E-state index contributed by atoms with van der Waals surface area (Å²) < 4.78 is 5.52. The second-order valence-electron chi connectivity index (χ2n) is 3.92. The van der Waals surface area contributed by atoms with Gasteiger partial charge >= 0.3 is 0 Å². The summed E-state index contributed by atoms with van der Waals surface area (Å²) in [6, 6.07) is 2.42. The predicted molar refractivity (Wildman–Crippen MR) is 52.7 cm³/mol. The van der Waals surface area contributed by atoms with Crippen molar-refractivity contribution in [3.63, 3.8) is 0 Å². The molecule has 0 radical (unpaired) electrons. The van der Waals surface area contributed by atoms with Crippen LogP contribution in [-0.2, 0) is 4.74 Å². The van der Waals surface area contributed by atoms with Gasteiger partial charge < -0.3 is 9.84 Å². The van der Waals surface area contributed by atoms with Crippen molar-refractivity contribution < 1.29 is 9.84 Å². The van der Waals surface area contributed by atoms with Crippen LogP contribution in [0.25, 0.3) is 0 Å². The Balaban J connectivity index is 2.48. The summed E-state index contributed by atoms with van der Waals surface area (Å²) in [7, 11) is 0. The summed E-state index contributed by atoms with van der Waals surface area (Å²) in [5.74, 6) is 0. The number of hydrogen-bond donors (Lipinski definition) is 1. The van der Waals surface area contributed by atoms with Gasteiger partial charge in [-0.15, -0.1) is 0 Å². The first kappa shape index (κ1) is 11.4. The van der Waals surface area contributed by atoms with Gasteiger partial charge in [-0.3, -0.25) is 4.90 Å². The standard InChI is InChI=1S/C10H18N2O2/c1-8(3-4-11)12-5-9(2)14-10(6-12)7-13/h8-10,13H,3,5-7H2,1-2H3. The molecule has 1 aliphatic heterocycles. The van der Waals surface area contributed by atoms with Crippen molar-refractivity contribution in [2.75, 3.05) is 19.7 Å². The monoisotopic (exact) mass is 198 g/mol. The molecular weight excluding hydrogens is 180 g/mol. The Morgan fingerprint density at radius 3 is 2.93 bits per heavy atom. The number of hydrogen-bond acceptors (Lipinski definition) is 4. The molecule has 0 aromatic carbocycles. The highest BCUT2D eigenvalue weighted by molar-refractivity contribution is 4.84. The van der Waals surface area contributed by atoms with Crippen LogP contribution in [0.15, 0.2) is 0 Å². The maximum Gasteiger partial charge on any atom is 0.0936 e. The summed E-state index contributed by atoms with van der Waals surface area (Å²) in [4.78, 5) is 2.21. The molecule has 1 saturated heterocycles. The summed E-state index contributed by atoms with van der Waals surface area (Å²) in [5.41, 5.74) is 0. The molecule has 0 aromatic rings. The lowest BCUT2D eigenvalue weighted by Gasteiger charge is -2.38. The first-order chi connectivity index (χ1) is 6.67. The van der Waals surface area contributed by atoms with Crippen molar-refractivity contribution in [3.05, 3.63) is 0 Å². The van der Waals surface area contributed by atoms with Crippen molar-refractivity contribution >= 4 is 0 Å². The summed E-state index contributed by atoms with van der Waals surface area (Å²) in [5, 5.41) is 17.6. The van der Waals surface area contributed by atoms with Crippen molar-refractivity contribution in [3.8, 4) is 6.07 Å². The quantitative estimate of drug-likeness (QED) is 0.712. The third kappa shape index (κ3) is 2.95. The Morgan fingerprint density at radius 1 is 1.64 bits per heavy atom. The molecule has 4 nitrogen and oxygen atoms in total. The number of aliphatic hydroxyl groups is 1. The van der Waals surface area contributed by atoms with E-state index in [0.717, 1.165) is 13.1 Å².